The van der Waals surface area contributed by atoms with E-state index in [1.807, 2.05) is 0 Å². The molecule has 1 fully saturated rings. The van der Waals surface area contributed by atoms with Gasteiger partial charge in [0.1, 0.15) is 0 Å². The van der Waals surface area contributed by atoms with Gasteiger partial charge in [-0.1, -0.05) is 111 Å². The summed E-state index contributed by atoms with van der Waals surface area (Å²) in [7, 11) is 0. The molecule has 2 aliphatic carbocycles. The summed E-state index contributed by atoms with van der Waals surface area (Å²) >= 11 is 0. The molecule has 1 saturated carbocycles. The molecule has 1 heteroatoms. The highest BCUT2D eigenvalue weighted by Gasteiger charge is 2.56. The topological polar surface area (TPSA) is 26.0 Å². The molecule has 3 aromatic carbocycles. The molecular formula is C32H37N. The van der Waals surface area contributed by atoms with Crippen molar-refractivity contribution < 1.29 is 0 Å². The molecule has 2 aliphatic rings. The van der Waals surface area contributed by atoms with Crippen LogP contribution in [0.5, 0.6) is 0 Å². The van der Waals surface area contributed by atoms with Gasteiger partial charge in [0.15, 0.2) is 0 Å². The van der Waals surface area contributed by atoms with Crippen LogP contribution in [0.25, 0.3) is 21.9 Å². The van der Waals surface area contributed by atoms with E-state index in [0.29, 0.717) is 5.92 Å². The molecule has 0 radical (unpaired) electrons. The van der Waals surface area contributed by atoms with Gasteiger partial charge in [0.05, 0.1) is 0 Å². The summed E-state index contributed by atoms with van der Waals surface area (Å²) in [5, 5.41) is 2.59. The lowest BCUT2D eigenvalue weighted by Gasteiger charge is -2.37. The Kier molecular flexibility index (Phi) is 6.25. The van der Waals surface area contributed by atoms with Crippen LogP contribution in [0.1, 0.15) is 69.4 Å². The molecular weight excluding hydrogens is 398 g/mol. The predicted octanol–water partition coefficient (Wildman–Crippen LogP) is 8.40. The van der Waals surface area contributed by atoms with E-state index < -0.39 is 0 Å². The van der Waals surface area contributed by atoms with Gasteiger partial charge in [0.25, 0.3) is 0 Å². The van der Waals surface area contributed by atoms with Crippen molar-refractivity contribution in [3.8, 4) is 0 Å². The van der Waals surface area contributed by atoms with Gasteiger partial charge in [0.2, 0.25) is 0 Å². The first kappa shape index (κ1) is 22.2. The maximum absolute atomic E-state index is 6.84. The SMILES string of the molecule is C=C(c1cccc2ccccc12)C12CCC(N)C1CC(CCCCCC)=C2c1ccccc1. The number of allylic oxidation sites excluding steroid dienone is 3. The Hall–Kier alpha value is -2.64. The largest absolute Gasteiger partial charge is 0.327 e. The molecule has 0 aromatic heterocycles. The standard InChI is InChI=1S/C32H37N/c1-3-4-5-7-16-26-22-29-30(33)20-21-32(29,31(26)25-14-8-6-9-15-25)23(2)27-19-12-17-24-13-10-11-18-28(24)27/h6,8-15,17-19,29-30H,2-5,7,16,20-22,33H2,1H3. The van der Waals surface area contributed by atoms with Crippen molar-refractivity contribution in [3.05, 3.63) is 96.1 Å². The molecule has 3 atom stereocenters. The number of fused-ring (bicyclic) bond motifs is 2. The predicted molar refractivity (Wildman–Crippen MR) is 143 cm³/mol. The molecule has 0 aliphatic heterocycles. The second kappa shape index (κ2) is 9.31. The van der Waals surface area contributed by atoms with Crippen LogP contribution in [-0.2, 0) is 0 Å². The van der Waals surface area contributed by atoms with E-state index in [0.717, 1.165) is 19.3 Å². The lowest BCUT2D eigenvalue weighted by molar-refractivity contribution is 0.376. The van der Waals surface area contributed by atoms with Crippen LogP contribution in [0, 0.1) is 11.3 Å². The maximum atomic E-state index is 6.84. The Labute approximate surface area is 199 Å². The summed E-state index contributed by atoms with van der Waals surface area (Å²) in [6.45, 7) is 7.14. The van der Waals surface area contributed by atoms with E-state index in [-0.39, 0.29) is 11.5 Å². The monoisotopic (exact) mass is 435 g/mol. The number of nitrogens with two attached hydrogens (primary N) is 1. The van der Waals surface area contributed by atoms with Crippen molar-refractivity contribution in [2.75, 3.05) is 0 Å². The normalized spacial score (nSPS) is 24.4. The van der Waals surface area contributed by atoms with Crippen molar-refractivity contribution in [3.63, 3.8) is 0 Å². The lowest BCUT2D eigenvalue weighted by atomic mass is 9.66. The van der Waals surface area contributed by atoms with Gasteiger partial charge < -0.3 is 5.73 Å². The van der Waals surface area contributed by atoms with Gasteiger partial charge in [-0.3, -0.25) is 0 Å². The third-order valence-corrected chi connectivity index (χ3v) is 8.34. The van der Waals surface area contributed by atoms with E-state index in [2.05, 4.69) is 79.7 Å². The molecule has 33 heavy (non-hydrogen) atoms. The highest BCUT2D eigenvalue weighted by molar-refractivity contribution is 5.99. The lowest BCUT2D eigenvalue weighted by Crippen LogP contribution is -2.33. The summed E-state index contributed by atoms with van der Waals surface area (Å²) in [5.74, 6) is 0.445. The van der Waals surface area contributed by atoms with E-state index in [1.165, 1.54) is 59.6 Å². The molecule has 0 spiro atoms. The molecule has 3 aromatic rings. The number of unbranched alkanes of at least 4 members (excludes halogenated alkanes) is 3. The van der Waals surface area contributed by atoms with Crippen LogP contribution < -0.4 is 5.73 Å². The van der Waals surface area contributed by atoms with Gasteiger partial charge in [-0.25, -0.2) is 0 Å². The van der Waals surface area contributed by atoms with Crippen LogP contribution in [-0.4, -0.2) is 6.04 Å². The highest BCUT2D eigenvalue weighted by atomic mass is 14.7. The summed E-state index contributed by atoms with van der Waals surface area (Å²) < 4.78 is 0. The fourth-order valence-electron chi connectivity index (χ4n) is 6.78. The highest BCUT2D eigenvalue weighted by Crippen LogP contribution is 2.66. The molecule has 0 heterocycles. The van der Waals surface area contributed by atoms with E-state index in [1.54, 1.807) is 11.1 Å². The average molecular weight is 436 g/mol. The first-order valence-electron chi connectivity index (χ1n) is 12.9. The maximum Gasteiger partial charge on any atom is 0.0255 e. The van der Waals surface area contributed by atoms with Gasteiger partial charge in [-0.2, -0.15) is 0 Å². The minimum Gasteiger partial charge on any atom is -0.327 e. The fraction of sp³-hybridized carbons (Fsp3) is 0.375. The number of benzene rings is 3. The van der Waals surface area contributed by atoms with Crippen LogP contribution in [0.3, 0.4) is 0 Å². The molecule has 0 saturated heterocycles. The second-order valence-corrected chi connectivity index (χ2v) is 10.1. The molecule has 5 rings (SSSR count). The van der Waals surface area contributed by atoms with Crippen molar-refractivity contribution in [2.24, 2.45) is 17.1 Å². The second-order valence-electron chi connectivity index (χ2n) is 10.1. The number of hydrogen-bond donors (Lipinski definition) is 1. The Morgan fingerprint density at radius 1 is 0.939 bits per heavy atom. The van der Waals surface area contributed by atoms with Crippen molar-refractivity contribution in [2.45, 2.75) is 64.3 Å². The molecule has 170 valence electrons. The Morgan fingerprint density at radius 2 is 1.70 bits per heavy atom. The first-order valence-corrected chi connectivity index (χ1v) is 12.9. The quantitative estimate of drug-likeness (QED) is 0.353. The third kappa shape index (κ3) is 3.77. The Balaban J connectivity index is 1.66. The van der Waals surface area contributed by atoms with Gasteiger partial charge in [0, 0.05) is 11.5 Å². The van der Waals surface area contributed by atoms with Crippen LogP contribution in [0.15, 0.2) is 84.9 Å². The van der Waals surface area contributed by atoms with E-state index in [4.69, 9.17) is 12.3 Å². The van der Waals surface area contributed by atoms with E-state index >= 15 is 0 Å². The summed E-state index contributed by atoms with van der Waals surface area (Å²) in [6, 6.07) is 26.8. The van der Waals surface area contributed by atoms with Crippen molar-refractivity contribution in [1.29, 1.82) is 0 Å². The molecule has 0 bridgehead atoms. The molecule has 1 nitrogen and oxygen atoms in total. The van der Waals surface area contributed by atoms with Crippen molar-refractivity contribution in [1.82, 2.24) is 0 Å². The Bertz CT molecular complexity index is 1170. The third-order valence-electron chi connectivity index (χ3n) is 8.34. The van der Waals surface area contributed by atoms with Crippen LogP contribution in [0.2, 0.25) is 0 Å². The molecule has 3 unspecified atom stereocenters. The Morgan fingerprint density at radius 3 is 2.52 bits per heavy atom. The fourth-order valence-corrected chi connectivity index (χ4v) is 6.78. The summed E-state index contributed by atoms with van der Waals surface area (Å²) in [6.07, 6.45) is 9.69. The zero-order chi connectivity index (χ0) is 22.8. The van der Waals surface area contributed by atoms with Crippen molar-refractivity contribution >= 4 is 21.9 Å². The molecule has 2 N–H and O–H groups in total. The molecule has 0 amide bonds. The number of hydrogen-bond acceptors (Lipinski definition) is 1. The summed E-state index contributed by atoms with van der Waals surface area (Å²) in [5.41, 5.74) is 13.9. The minimum atomic E-state index is -0.0645. The van der Waals surface area contributed by atoms with Gasteiger partial charge >= 0.3 is 0 Å². The van der Waals surface area contributed by atoms with Crippen LogP contribution in [0.4, 0.5) is 0 Å². The summed E-state index contributed by atoms with van der Waals surface area (Å²) in [4.78, 5) is 0. The van der Waals surface area contributed by atoms with Gasteiger partial charge in [-0.05, 0) is 71.1 Å². The smallest absolute Gasteiger partial charge is 0.0255 e. The zero-order valence-corrected chi connectivity index (χ0v) is 20.0. The van der Waals surface area contributed by atoms with Gasteiger partial charge in [-0.15, -0.1) is 0 Å². The first-order chi connectivity index (χ1) is 16.2. The van der Waals surface area contributed by atoms with Crippen LogP contribution >= 0.6 is 0 Å². The van der Waals surface area contributed by atoms with E-state index in [9.17, 15) is 0 Å². The average Bonchev–Trinajstić information content (AvgIpc) is 3.36. The number of rotatable bonds is 8. The zero-order valence-electron chi connectivity index (χ0n) is 20.0. The minimum absolute atomic E-state index is 0.0645.